The highest BCUT2D eigenvalue weighted by Crippen LogP contribution is 2.29. The first-order valence-corrected chi connectivity index (χ1v) is 8.01. The Labute approximate surface area is 133 Å². The molecule has 0 bridgehead atoms. The van der Waals surface area contributed by atoms with Crippen molar-refractivity contribution in [1.82, 2.24) is 4.90 Å². The second-order valence-electron chi connectivity index (χ2n) is 4.68. The van der Waals surface area contributed by atoms with Crippen LogP contribution in [0.5, 0.6) is 0 Å². The molecule has 7 heteroatoms. The lowest BCUT2D eigenvalue weighted by atomic mass is 10.2. The van der Waals surface area contributed by atoms with E-state index < -0.39 is 11.1 Å². The van der Waals surface area contributed by atoms with Crippen molar-refractivity contribution in [3.8, 4) is 0 Å². The van der Waals surface area contributed by atoms with Crippen LogP contribution in [-0.4, -0.2) is 40.2 Å². The summed E-state index contributed by atoms with van der Waals surface area (Å²) in [6, 6.07) is 5.95. The Kier molecular flexibility index (Phi) is 5.54. The van der Waals surface area contributed by atoms with Crippen molar-refractivity contribution >= 4 is 34.4 Å². The molecule has 1 fully saturated rings. The van der Waals surface area contributed by atoms with Gasteiger partial charge in [-0.1, -0.05) is 23.9 Å². The van der Waals surface area contributed by atoms with Gasteiger partial charge in [-0.3, -0.25) is 19.5 Å². The number of aliphatic imine (C=N–C) groups is 1. The van der Waals surface area contributed by atoms with Gasteiger partial charge in [0, 0.05) is 19.5 Å². The van der Waals surface area contributed by atoms with E-state index in [1.807, 2.05) is 13.8 Å². The number of amides is 2. The van der Waals surface area contributed by atoms with Gasteiger partial charge in [-0.2, -0.15) is 0 Å². The van der Waals surface area contributed by atoms with Gasteiger partial charge in [-0.05, 0) is 26.0 Å². The topological polar surface area (TPSA) is 61.8 Å². The Morgan fingerprint density at radius 2 is 2.14 bits per heavy atom. The summed E-state index contributed by atoms with van der Waals surface area (Å²) in [5.74, 6) is -1.00. The minimum absolute atomic E-state index is 0.00291. The molecule has 1 aliphatic heterocycles. The van der Waals surface area contributed by atoms with E-state index in [0.29, 0.717) is 18.3 Å². The van der Waals surface area contributed by atoms with Crippen LogP contribution in [0.1, 0.15) is 20.3 Å². The van der Waals surface area contributed by atoms with Crippen LogP contribution in [0.4, 0.5) is 10.1 Å². The van der Waals surface area contributed by atoms with E-state index >= 15 is 0 Å². The number of hydrogen-bond acceptors (Lipinski definition) is 4. The number of halogens is 1. The van der Waals surface area contributed by atoms with E-state index in [1.165, 1.54) is 23.9 Å². The fourth-order valence-corrected chi connectivity index (χ4v) is 3.39. The van der Waals surface area contributed by atoms with E-state index in [2.05, 4.69) is 10.3 Å². The highest BCUT2D eigenvalue weighted by Gasteiger charge is 2.38. The number of carbonyl (C=O) groups excluding carboxylic acids is 2. The minimum Gasteiger partial charge on any atom is -0.324 e. The Bertz CT molecular complexity index is 606. The quantitative estimate of drug-likeness (QED) is 0.905. The lowest BCUT2D eigenvalue weighted by molar-refractivity contribution is -0.128. The number of hydrogen-bond donors (Lipinski definition) is 1. The van der Waals surface area contributed by atoms with Crippen LogP contribution in [0.15, 0.2) is 29.3 Å². The number of nitrogens with zero attached hydrogens (tertiary/aromatic N) is 2. The fraction of sp³-hybridized carbons (Fsp3) is 0.400. The molecule has 118 valence electrons. The third-order valence-electron chi connectivity index (χ3n) is 3.15. The van der Waals surface area contributed by atoms with Gasteiger partial charge in [0.2, 0.25) is 11.8 Å². The molecular formula is C15H18FN3O2S. The van der Waals surface area contributed by atoms with Crippen molar-refractivity contribution in [3.05, 3.63) is 30.1 Å². The number of carbonyl (C=O) groups is 2. The van der Waals surface area contributed by atoms with Gasteiger partial charge in [0.1, 0.15) is 11.1 Å². The monoisotopic (exact) mass is 323 g/mol. The Morgan fingerprint density at radius 1 is 1.41 bits per heavy atom. The molecule has 1 aromatic rings. The number of amidine groups is 1. The molecule has 1 heterocycles. The first kappa shape index (κ1) is 16.5. The van der Waals surface area contributed by atoms with Gasteiger partial charge in [-0.25, -0.2) is 4.39 Å². The Balaban J connectivity index is 2.02. The Morgan fingerprint density at radius 3 is 2.77 bits per heavy atom. The van der Waals surface area contributed by atoms with Crippen molar-refractivity contribution in [2.45, 2.75) is 25.5 Å². The summed E-state index contributed by atoms with van der Waals surface area (Å²) >= 11 is 1.29. The second-order valence-corrected chi connectivity index (χ2v) is 5.85. The molecule has 0 saturated carbocycles. The summed E-state index contributed by atoms with van der Waals surface area (Å²) in [4.78, 5) is 30.1. The molecule has 1 atom stereocenters. The predicted molar refractivity (Wildman–Crippen MR) is 86.4 cm³/mol. The van der Waals surface area contributed by atoms with Gasteiger partial charge >= 0.3 is 0 Å². The molecule has 0 spiro atoms. The van der Waals surface area contributed by atoms with E-state index in [9.17, 15) is 14.0 Å². The van der Waals surface area contributed by atoms with Gasteiger partial charge < -0.3 is 5.32 Å². The predicted octanol–water partition coefficient (Wildman–Crippen LogP) is 2.49. The largest absolute Gasteiger partial charge is 0.324 e. The Hall–Kier alpha value is -1.89. The average molecular weight is 323 g/mol. The normalized spacial score (nSPS) is 19.8. The third-order valence-corrected chi connectivity index (χ3v) is 4.36. The zero-order valence-corrected chi connectivity index (χ0v) is 13.3. The van der Waals surface area contributed by atoms with Crippen LogP contribution >= 0.6 is 11.8 Å². The van der Waals surface area contributed by atoms with E-state index in [1.54, 1.807) is 17.0 Å². The summed E-state index contributed by atoms with van der Waals surface area (Å²) in [6.07, 6.45) is -0.00291. The molecule has 0 radical (unpaired) electrons. The van der Waals surface area contributed by atoms with Gasteiger partial charge in [0.15, 0.2) is 5.17 Å². The van der Waals surface area contributed by atoms with Crippen molar-refractivity contribution in [2.24, 2.45) is 4.99 Å². The molecule has 1 aliphatic rings. The van der Waals surface area contributed by atoms with Crippen LogP contribution in [0, 0.1) is 5.82 Å². The molecule has 1 saturated heterocycles. The highest BCUT2D eigenvalue weighted by molar-refractivity contribution is 8.15. The van der Waals surface area contributed by atoms with Crippen molar-refractivity contribution in [2.75, 3.05) is 18.4 Å². The molecule has 1 N–H and O–H groups in total. The van der Waals surface area contributed by atoms with Crippen LogP contribution in [0.3, 0.4) is 0 Å². The zero-order chi connectivity index (χ0) is 16.1. The number of thioether (sulfide) groups is 1. The molecule has 0 aromatic heterocycles. The summed E-state index contributed by atoms with van der Waals surface area (Å²) in [6.45, 7) is 4.87. The first-order chi connectivity index (χ1) is 10.6. The number of anilines is 1. The van der Waals surface area contributed by atoms with Gasteiger partial charge in [-0.15, -0.1) is 0 Å². The maximum Gasteiger partial charge on any atom is 0.242 e. The van der Waals surface area contributed by atoms with E-state index in [4.69, 9.17) is 0 Å². The second kappa shape index (κ2) is 7.40. The molecule has 0 aliphatic carbocycles. The van der Waals surface area contributed by atoms with Gasteiger partial charge in [0.05, 0.1) is 5.69 Å². The summed E-state index contributed by atoms with van der Waals surface area (Å²) in [5.41, 5.74) is 0.123. The maximum atomic E-state index is 13.5. The number of rotatable bonds is 5. The molecule has 5 nitrogen and oxygen atoms in total. The van der Waals surface area contributed by atoms with Crippen LogP contribution in [0.25, 0.3) is 0 Å². The molecule has 1 aromatic carbocycles. The third kappa shape index (κ3) is 3.65. The van der Waals surface area contributed by atoms with Crippen LogP contribution in [-0.2, 0) is 9.59 Å². The summed E-state index contributed by atoms with van der Waals surface area (Å²) in [5, 5.41) is 2.65. The number of para-hydroxylation sites is 1. The minimum atomic E-state index is -0.503. The SMILES string of the molecule is CCN=C1S[C@H](CC(=O)Nc2ccccc2F)C(=O)N1CC. The summed E-state index contributed by atoms with van der Waals surface area (Å²) < 4.78 is 13.5. The fourth-order valence-electron chi connectivity index (χ4n) is 2.12. The standard InChI is InChI=1S/C15H18FN3O2S/c1-3-17-15-19(4-2)14(21)12(22-15)9-13(20)18-11-8-6-5-7-10(11)16/h5-8,12H,3-4,9H2,1-2H3,(H,18,20)/t12-/m1/s1. The van der Waals surface area contributed by atoms with Crippen molar-refractivity contribution in [3.63, 3.8) is 0 Å². The van der Waals surface area contributed by atoms with Crippen LogP contribution < -0.4 is 5.32 Å². The molecule has 22 heavy (non-hydrogen) atoms. The average Bonchev–Trinajstić information content (AvgIpc) is 2.77. The molecular weight excluding hydrogens is 305 g/mol. The lowest BCUT2D eigenvalue weighted by Gasteiger charge is -2.13. The first-order valence-electron chi connectivity index (χ1n) is 7.13. The highest BCUT2D eigenvalue weighted by atomic mass is 32.2. The van der Waals surface area contributed by atoms with E-state index in [0.717, 1.165) is 0 Å². The molecule has 0 unspecified atom stereocenters. The van der Waals surface area contributed by atoms with Crippen LogP contribution in [0.2, 0.25) is 0 Å². The van der Waals surface area contributed by atoms with Gasteiger partial charge in [0.25, 0.3) is 0 Å². The van der Waals surface area contributed by atoms with Crippen molar-refractivity contribution in [1.29, 1.82) is 0 Å². The summed E-state index contributed by atoms with van der Waals surface area (Å²) in [7, 11) is 0. The van der Waals surface area contributed by atoms with E-state index in [-0.39, 0.29) is 23.9 Å². The molecule has 2 rings (SSSR count). The number of benzene rings is 1. The smallest absolute Gasteiger partial charge is 0.242 e. The number of nitrogens with one attached hydrogen (secondary N) is 1. The lowest BCUT2D eigenvalue weighted by Crippen LogP contribution is -2.33. The maximum absolute atomic E-state index is 13.5. The van der Waals surface area contributed by atoms with Crippen molar-refractivity contribution < 1.29 is 14.0 Å². The zero-order valence-electron chi connectivity index (χ0n) is 12.5. The molecule has 2 amide bonds.